The summed E-state index contributed by atoms with van der Waals surface area (Å²) in [6.07, 6.45) is -12.8. The van der Waals surface area contributed by atoms with E-state index in [1.165, 1.54) is 0 Å². The van der Waals surface area contributed by atoms with Crippen molar-refractivity contribution in [3.05, 3.63) is 48.5 Å². The van der Waals surface area contributed by atoms with Crippen LogP contribution in [0, 0.1) is 0 Å². The molecule has 10 N–H and O–H groups in total. The van der Waals surface area contributed by atoms with Crippen LogP contribution < -0.4 is 18.9 Å². The van der Waals surface area contributed by atoms with Crippen molar-refractivity contribution in [3.63, 3.8) is 0 Å². The van der Waals surface area contributed by atoms with Crippen LogP contribution in [-0.2, 0) is 18.9 Å². The fraction of sp³-hybridized carbons (Fsp3) is 0.727. The summed E-state index contributed by atoms with van der Waals surface area (Å²) in [5.41, 5.74) is 0. The Kier molecular flexibility index (Phi) is 24.8. The predicted octanol–water partition coefficient (Wildman–Crippen LogP) is 1.88. The molecule has 0 bridgehead atoms. The fourth-order valence-electron chi connectivity index (χ4n) is 6.86. The van der Waals surface area contributed by atoms with Crippen LogP contribution in [0.4, 0.5) is 0 Å². The molecule has 0 saturated heterocycles. The quantitative estimate of drug-likeness (QED) is 0.0604. The molecule has 0 fully saturated rings. The van der Waals surface area contributed by atoms with Gasteiger partial charge in [-0.1, -0.05) is 24.3 Å². The minimum absolute atomic E-state index is 0.0426. The molecule has 2 aromatic rings. The van der Waals surface area contributed by atoms with Crippen LogP contribution in [0.25, 0.3) is 0 Å². The second-order valence-corrected chi connectivity index (χ2v) is 16.3. The Morgan fingerprint density at radius 3 is 0.968 bits per heavy atom. The molecular formula is C44H72O18. The molecule has 356 valence electrons. The molecule has 0 aromatic heterocycles. The van der Waals surface area contributed by atoms with Crippen molar-refractivity contribution in [1.82, 2.24) is 0 Å². The van der Waals surface area contributed by atoms with Crippen LogP contribution in [0.5, 0.6) is 23.0 Å². The molecule has 12 unspecified atom stereocenters. The maximum Gasteiger partial charge on any atom is 0.161 e. The Balaban J connectivity index is 1.63. The number of para-hydroxylation sites is 4. The zero-order valence-corrected chi connectivity index (χ0v) is 36.3. The van der Waals surface area contributed by atoms with E-state index in [1.807, 2.05) is 0 Å². The number of aliphatic hydroxyl groups excluding tert-OH is 10. The summed E-state index contributed by atoms with van der Waals surface area (Å²) in [6.45, 7) is 5.83. The van der Waals surface area contributed by atoms with Gasteiger partial charge in [-0.25, -0.2) is 0 Å². The van der Waals surface area contributed by atoms with Gasteiger partial charge in [0.05, 0.1) is 48.8 Å². The van der Waals surface area contributed by atoms with Crippen LogP contribution in [0.3, 0.4) is 0 Å². The van der Waals surface area contributed by atoms with Gasteiger partial charge in [-0.2, -0.15) is 0 Å². The number of benzene rings is 2. The van der Waals surface area contributed by atoms with Crippen molar-refractivity contribution in [2.45, 2.75) is 178 Å². The molecule has 0 aliphatic carbocycles. The van der Waals surface area contributed by atoms with Crippen LogP contribution in [-0.4, -0.2) is 164 Å². The van der Waals surface area contributed by atoms with E-state index in [-0.39, 0.29) is 90.6 Å². The van der Waals surface area contributed by atoms with E-state index in [0.717, 1.165) is 0 Å². The highest BCUT2D eigenvalue weighted by Gasteiger charge is 2.27. The van der Waals surface area contributed by atoms with E-state index in [9.17, 15) is 51.1 Å². The lowest BCUT2D eigenvalue weighted by atomic mass is 10.0. The summed E-state index contributed by atoms with van der Waals surface area (Å²) in [5.74, 6) is 1.35. The van der Waals surface area contributed by atoms with Gasteiger partial charge in [-0.15, -0.1) is 0 Å². The summed E-state index contributed by atoms with van der Waals surface area (Å²) >= 11 is 0. The third-order valence-corrected chi connectivity index (χ3v) is 9.62. The van der Waals surface area contributed by atoms with Gasteiger partial charge in [-0.3, -0.25) is 0 Å². The zero-order chi connectivity index (χ0) is 45.6. The molecule has 2 aromatic carbocycles. The van der Waals surface area contributed by atoms with Crippen LogP contribution in [0.2, 0.25) is 0 Å². The third kappa shape index (κ3) is 22.6. The largest absolute Gasteiger partial charge is 0.487 e. The van der Waals surface area contributed by atoms with E-state index < -0.39 is 86.2 Å². The number of hydrogen-bond acceptors (Lipinski definition) is 18. The van der Waals surface area contributed by atoms with Crippen molar-refractivity contribution in [3.8, 4) is 23.0 Å². The highest BCUT2D eigenvalue weighted by Crippen LogP contribution is 2.30. The smallest absolute Gasteiger partial charge is 0.161 e. The fourth-order valence-corrected chi connectivity index (χ4v) is 6.86. The Labute approximate surface area is 364 Å². The van der Waals surface area contributed by atoms with E-state index in [1.54, 1.807) is 76.2 Å². The summed E-state index contributed by atoms with van der Waals surface area (Å²) in [6, 6.07) is 13.7. The zero-order valence-electron chi connectivity index (χ0n) is 36.3. The van der Waals surface area contributed by atoms with Crippen molar-refractivity contribution in [1.29, 1.82) is 0 Å². The summed E-state index contributed by atoms with van der Waals surface area (Å²) in [5, 5.41) is 103. The number of ether oxygens (including phenoxy) is 8. The van der Waals surface area contributed by atoms with Gasteiger partial charge >= 0.3 is 0 Å². The van der Waals surface area contributed by atoms with Crippen LogP contribution >= 0.6 is 0 Å². The first-order valence-corrected chi connectivity index (χ1v) is 21.6. The number of rotatable bonds is 26. The lowest BCUT2D eigenvalue weighted by molar-refractivity contribution is -0.185. The van der Waals surface area contributed by atoms with Gasteiger partial charge in [0.25, 0.3) is 0 Å². The molecule has 18 heteroatoms. The normalized spacial score (nSPS) is 22.1. The Bertz CT molecular complexity index is 1300. The molecule has 3 rings (SSSR count). The van der Waals surface area contributed by atoms with E-state index >= 15 is 0 Å². The first kappa shape index (κ1) is 53.4. The monoisotopic (exact) mass is 888 g/mol. The van der Waals surface area contributed by atoms with Gasteiger partial charge in [0.1, 0.15) is 38.6 Å². The van der Waals surface area contributed by atoms with Gasteiger partial charge in [0.15, 0.2) is 48.2 Å². The van der Waals surface area contributed by atoms with Gasteiger partial charge in [0.2, 0.25) is 0 Å². The molecule has 1 heterocycles. The average Bonchev–Trinajstić information content (AvgIpc) is 3.17. The van der Waals surface area contributed by atoms with Crippen molar-refractivity contribution in [2.75, 3.05) is 26.4 Å². The summed E-state index contributed by atoms with van der Waals surface area (Å²) in [7, 11) is 0. The molecule has 62 heavy (non-hydrogen) atoms. The number of fused-ring (bicyclic) bond motifs is 2. The van der Waals surface area contributed by atoms with E-state index in [4.69, 9.17) is 37.9 Å². The minimum atomic E-state index is -1.38. The first-order valence-electron chi connectivity index (χ1n) is 21.6. The molecule has 0 spiro atoms. The third-order valence-electron chi connectivity index (χ3n) is 9.62. The molecule has 0 amide bonds. The number of aliphatic hydroxyl groups is 10. The second-order valence-electron chi connectivity index (χ2n) is 16.3. The summed E-state index contributed by atoms with van der Waals surface area (Å²) in [4.78, 5) is 0. The predicted molar refractivity (Wildman–Crippen MR) is 223 cm³/mol. The Hall–Kier alpha value is -2.92. The SMILES string of the molecule is CC(O)CC(O)CC(CC(C)O)OC(O)CCC(O)OC1COc2ccccc2OCC(OC(O)CCC(O)OC(CC(C)O)CC(O)CC(C)O)COc2ccccc2OC1. The maximum absolute atomic E-state index is 10.9. The maximum atomic E-state index is 10.9. The second kappa shape index (κ2) is 28.8. The average molecular weight is 889 g/mol. The van der Waals surface area contributed by atoms with Crippen LogP contribution in [0.1, 0.15) is 91.9 Å². The van der Waals surface area contributed by atoms with E-state index in [0.29, 0.717) is 23.0 Å². The highest BCUT2D eigenvalue weighted by molar-refractivity contribution is 5.40. The molecule has 0 radical (unpaired) electrons. The first-order chi connectivity index (χ1) is 29.4. The standard InChI is InChI=1S/C44H72O18/c1-27(45)17-31(49)21-33(19-29(3)47)59-41(51)13-15-43(53)61-35-23-55-37-9-5-7-11-39(37)57-25-36(26-58-40-12-8-6-10-38(40)56-24-35)62-44(54)16-14-42(52)60-34(20-30(4)48)22-32(50)18-28(2)46/h5-12,27-36,41-54H,13-26H2,1-4H3. The highest BCUT2D eigenvalue weighted by atomic mass is 16.7. The van der Waals surface area contributed by atoms with Crippen molar-refractivity contribution < 1.29 is 89.0 Å². The topological polar surface area (TPSA) is 276 Å². The summed E-state index contributed by atoms with van der Waals surface area (Å²) < 4.78 is 47.6. The van der Waals surface area contributed by atoms with Gasteiger partial charge in [0, 0.05) is 25.7 Å². The lowest BCUT2D eigenvalue weighted by Crippen LogP contribution is -2.35. The Morgan fingerprint density at radius 1 is 0.419 bits per heavy atom. The molecular weight excluding hydrogens is 816 g/mol. The molecule has 12 atom stereocenters. The number of hydrogen-bond donors (Lipinski definition) is 10. The minimum Gasteiger partial charge on any atom is -0.487 e. The Morgan fingerprint density at radius 2 is 0.694 bits per heavy atom. The van der Waals surface area contributed by atoms with Crippen LogP contribution in [0.15, 0.2) is 48.5 Å². The lowest BCUT2D eigenvalue weighted by Gasteiger charge is -2.27. The molecule has 1 aliphatic rings. The van der Waals surface area contributed by atoms with Crippen molar-refractivity contribution >= 4 is 0 Å². The van der Waals surface area contributed by atoms with Gasteiger partial charge < -0.3 is 89.0 Å². The van der Waals surface area contributed by atoms with E-state index in [2.05, 4.69) is 0 Å². The molecule has 1 aliphatic heterocycles. The molecule has 18 nitrogen and oxygen atoms in total. The molecule has 0 saturated carbocycles. The van der Waals surface area contributed by atoms with Crippen molar-refractivity contribution in [2.24, 2.45) is 0 Å². The van der Waals surface area contributed by atoms with Gasteiger partial charge in [-0.05, 0) is 90.5 Å².